The van der Waals surface area contributed by atoms with E-state index >= 15 is 0 Å². The molecule has 2 unspecified atom stereocenters. The number of rotatable bonds is 17. The molecule has 0 saturated heterocycles. The zero-order valence-electron chi connectivity index (χ0n) is 24.5. The van der Waals surface area contributed by atoms with Crippen molar-refractivity contribution in [3.63, 3.8) is 0 Å². The molecule has 0 amide bonds. The smallest absolute Gasteiger partial charge is 0.103 e. The third-order valence-corrected chi connectivity index (χ3v) is 7.49. The molecule has 0 aliphatic rings. The summed E-state index contributed by atoms with van der Waals surface area (Å²) in [6.07, 6.45) is 14.9. The third-order valence-electron chi connectivity index (χ3n) is 7.49. The van der Waals surface area contributed by atoms with Crippen LogP contribution in [-0.4, -0.2) is 12.2 Å². The van der Waals surface area contributed by atoms with Crippen molar-refractivity contribution in [2.45, 2.75) is 172 Å². The molecule has 0 spiro atoms. The molecular weight excluding hydrogens is 392 g/mol. The first-order valence-electron chi connectivity index (χ1n) is 14.0. The summed E-state index contributed by atoms with van der Waals surface area (Å²) in [6.45, 7) is 28.1. The van der Waals surface area contributed by atoms with Gasteiger partial charge in [-0.25, -0.2) is 9.78 Å². The summed E-state index contributed by atoms with van der Waals surface area (Å²) in [5.41, 5.74) is 0.329. The van der Waals surface area contributed by atoms with E-state index in [0.717, 1.165) is 0 Å². The molecule has 194 valence electrons. The van der Waals surface area contributed by atoms with Crippen molar-refractivity contribution in [1.82, 2.24) is 0 Å². The van der Waals surface area contributed by atoms with Crippen LogP contribution in [0.5, 0.6) is 0 Å². The Labute approximate surface area is 203 Å². The van der Waals surface area contributed by atoms with E-state index in [1.165, 1.54) is 77.0 Å². The van der Waals surface area contributed by atoms with Crippen LogP contribution in [0, 0.1) is 21.7 Å². The Bertz CT molecular complexity index is 408. The Kier molecular flexibility index (Phi) is 14.3. The van der Waals surface area contributed by atoms with Gasteiger partial charge in [0.1, 0.15) is 12.2 Å². The molecule has 0 aromatic carbocycles. The summed E-state index contributed by atoms with van der Waals surface area (Å²) >= 11 is 0. The van der Waals surface area contributed by atoms with Crippen molar-refractivity contribution >= 4 is 0 Å². The van der Waals surface area contributed by atoms with Crippen molar-refractivity contribution in [2.24, 2.45) is 21.7 Å². The Balaban J connectivity index is 5.98. The Morgan fingerprint density at radius 2 is 0.656 bits per heavy atom. The highest BCUT2D eigenvalue weighted by atomic mass is 17.2. The van der Waals surface area contributed by atoms with Gasteiger partial charge < -0.3 is 0 Å². The standard InChI is InChI=1S/C30H62O2/c1-13-17-21-29(11,22-18-14-2)25(27(5,6)7)31-32-26(28(8,9)10)30(12,23-19-15-3)24-20-16-4/h25-26H,13-24H2,1-12H3. The van der Waals surface area contributed by atoms with Gasteiger partial charge in [0, 0.05) is 0 Å². The molecule has 0 aromatic heterocycles. The van der Waals surface area contributed by atoms with Gasteiger partial charge in [0.2, 0.25) is 0 Å². The van der Waals surface area contributed by atoms with Crippen molar-refractivity contribution in [3.05, 3.63) is 0 Å². The van der Waals surface area contributed by atoms with Gasteiger partial charge in [0.15, 0.2) is 0 Å². The van der Waals surface area contributed by atoms with Crippen LogP contribution in [0.15, 0.2) is 0 Å². The van der Waals surface area contributed by atoms with E-state index < -0.39 is 0 Å². The number of hydrogen-bond donors (Lipinski definition) is 0. The number of unbranched alkanes of at least 4 members (excludes halogenated alkanes) is 4. The van der Waals surface area contributed by atoms with Crippen LogP contribution < -0.4 is 0 Å². The van der Waals surface area contributed by atoms with Crippen LogP contribution in [0.2, 0.25) is 0 Å². The van der Waals surface area contributed by atoms with Gasteiger partial charge in [-0.05, 0) is 47.3 Å². The van der Waals surface area contributed by atoms with Gasteiger partial charge in [0.05, 0.1) is 0 Å². The van der Waals surface area contributed by atoms with E-state index in [9.17, 15) is 0 Å². The fourth-order valence-electron chi connectivity index (χ4n) is 5.82. The van der Waals surface area contributed by atoms with Gasteiger partial charge in [-0.1, -0.05) is 134 Å². The summed E-state index contributed by atoms with van der Waals surface area (Å²) in [7, 11) is 0. The molecule has 0 fully saturated rings. The lowest BCUT2D eigenvalue weighted by molar-refractivity contribution is -0.412. The summed E-state index contributed by atoms with van der Waals surface area (Å²) in [4.78, 5) is 13.3. The van der Waals surface area contributed by atoms with Gasteiger partial charge in [0.25, 0.3) is 0 Å². The topological polar surface area (TPSA) is 18.5 Å². The average Bonchev–Trinajstić information content (AvgIpc) is 2.69. The molecule has 0 aliphatic heterocycles. The molecule has 0 rings (SSSR count). The highest BCUT2D eigenvalue weighted by molar-refractivity contribution is 4.93. The monoisotopic (exact) mass is 454 g/mol. The van der Waals surface area contributed by atoms with Crippen LogP contribution >= 0.6 is 0 Å². The molecule has 32 heavy (non-hydrogen) atoms. The van der Waals surface area contributed by atoms with Crippen LogP contribution in [0.1, 0.15) is 160 Å². The van der Waals surface area contributed by atoms with Crippen LogP contribution in [0.4, 0.5) is 0 Å². The minimum atomic E-state index is 0.0297. The fourth-order valence-corrected chi connectivity index (χ4v) is 5.82. The summed E-state index contributed by atoms with van der Waals surface area (Å²) in [5.74, 6) is 0. The van der Waals surface area contributed by atoms with Crippen molar-refractivity contribution in [3.8, 4) is 0 Å². The average molecular weight is 455 g/mol. The highest BCUT2D eigenvalue weighted by Gasteiger charge is 2.46. The Hall–Kier alpha value is -0.0800. The highest BCUT2D eigenvalue weighted by Crippen LogP contribution is 2.47. The minimum Gasteiger partial charge on any atom is -0.232 e. The van der Waals surface area contributed by atoms with Gasteiger partial charge in [-0.2, -0.15) is 0 Å². The quantitative estimate of drug-likeness (QED) is 0.161. The van der Waals surface area contributed by atoms with Crippen molar-refractivity contribution in [2.75, 3.05) is 0 Å². The predicted octanol–water partition coefficient (Wildman–Crippen LogP) is 10.5. The first-order chi connectivity index (χ1) is 14.7. The van der Waals surface area contributed by atoms with E-state index in [1.54, 1.807) is 0 Å². The molecule has 0 saturated carbocycles. The lowest BCUT2D eigenvalue weighted by Gasteiger charge is -2.48. The first kappa shape index (κ1) is 31.9. The van der Waals surface area contributed by atoms with Crippen molar-refractivity contribution < 1.29 is 9.78 Å². The maximum Gasteiger partial charge on any atom is 0.103 e. The third kappa shape index (κ3) is 10.5. The lowest BCUT2D eigenvalue weighted by atomic mass is 9.66. The second-order valence-corrected chi connectivity index (χ2v) is 13.4. The molecule has 0 bridgehead atoms. The van der Waals surface area contributed by atoms with Crippen molar-refractivity contribution in [1.29, 1.82) is 0 Å². The normalized spacial score (nSPS) is 15.8. The van der Waals surface area contributed by atoms with E-state index in [4.69, 9.17) is 9.78 Å². The molecule has 0 heterocycles. The largest absolute Gasteiger partial charge is 0.232 e. The second kappa shape index (κ2) is 14.3. The summed E-state index contributed by atoms with van der Waals surface area (Å²) in [6, 6.07) is 0. The predicted molar refractivity (Wildman–Crippen MR) is 143 cm³/mol. The van der Waals surface area contributed by atoms with E-state index in [-0.39, 0.29) is 33.9 Å². The maximum absolute atomic E-state index is 6.66. The molecule has 0 aliphatic carbocycles. The van der Waals surface area contributed by atoms with Gasteiger partial charge in [-0.15, -0.1) is 0 Å². The fraction of sp³-hybridized carbons (Fsp3) is 1.00. The Morgan fingerprint density at radius 3 is 0.812 bits per heavy atom. The second-order valence-electron chi connectivity index (χ2n) is 13.4. The zero-order chi connectivity index (χ0) is 25.1. The molecule has 2 atom stereocenters. The molecule has 2 heteroatoms. The molecule has 0 radical (unpaired) electrons. The lowest BCUT2D eigenvalue weighted by Crippen LogP contribution is -2.49. The van der Waals surface area contributed by atoms with Crippen LogP contribution in [-0.2, 0) is 9.78 Å². The molecule has 0 aromatic rings. The first-order valence-corrected chi connectivity index (χ1v) is 14.0. The maximum atomic E-state index is 6.66. The van der Waals surface area contributed by atoms with E-state index in [2.05, 4.69) is 83.1 Å². The van der Waals surface area contributed by atoms with Crippen LogP contribution in [0.25, 0.3) is 0 Å². The van der Waals surface area contributed by atoms with Gasteiger partial charge in [-0.3, -0.25) is 0 Å². The SMILES string of the molecule is CCCCC(C)(CCCC)C(OOC(C(C)(C)C)C(C)(CCCC)CCCC)C(C)(C)C. The summed E-state index contributed by atoms with van der Waals surface area (Å²) < 4.78 is 0. The molecule has 2 nitrogen and oxygen atoms in total. The van der Waals surface area contributed by atoms with E-state index in [1.807, 2.05) is 0 Å². The molecule has 0 N–H and O–H groups in total. The van der Waals surface area contributed by atoms with Crippen LogP contribution in [0.3, 0.4) is 0 Å². The molecular formula is C30H62O2. The zero-order valence-corrected chi connectivity index (χ0v) is 24.5. The van der Waals surface area contributed by atoms with E-state index in [0.29, 0.717) is 0 Å². The van der Waals surface area contributed by atoms with Gasteiger partial charge >= 0.3 is 0 Å². The summed E-state index contributed by atoms with van der Waals surface area (Å²) in [5, 5.41) is 0. The minimum absolute atomic E-state index is 0.0297. The Morgan fingerprint density at radius 1 is 0.438 bits per heavy atom. The number of hydrogen-bond acceptors (Lipinski definition) is 2.